The lowest BCUT2D eigenvalue weighted by Crippen LogP contribution is -2.19. The minimum atomic E-state index is -1.18. The second kappa shape index (κ2) is 6.62. The maximum absolute atomic E-state index is 11.9. The van der Waals surface area contributed by atoms with E-state index < -0.39 is 5.97 Å². The number of benzene rings is 1. The first kappa shape index (κ1) is 14.7. The van der Waals surface area contributed by atoms with Crippen LogP contribution in [-0.2, 0) is 17.9 Å². The summed E-state index contributed by atoms with van der Waals surface area (Å²) in [5, 5.41) is 21.5. The third kappa shape index (κ3) is 4.11. The van der Waals surface area contributed by atoms with Gasteiger partial charge in [-0.05, 0) is 24.7 Å². The third-order valence-corrected chi connectivity index (χ3v) is 2.66. The minimum Gasteiger partial charge on any atom is -0.476 e. The maximum Gasteiger partial charge on any atom is 0.358 e. The van der Waals surface area contributed by atoms with Gasteiger partial charge in [0.2, 0.25) is 5.91 Å². The average Bonchev–Trinajstić information content (AvgIpc) is 2.88. The summed E-state index contributed by atoms with van der Waals surface area (Å²) in [6, 6.07) is 7.43. The van der Waals surface area contributed by atoms with Gasteiger partial charge in [0.05, 0.1) is 6.20 Å². The second-order valence-corrected chi connectivity index (χ2v) is 4.39. The molecular formula is C13H15N5O3. The highest BCUT2D eigenvalue weighted by Gasteiger charge is 2.10. The van der Waals surface area contributed by atoms with E-state index in [9.17, 15) is 9.59 Å². The molecule has 0 bridgehead atoms. The van der Waals surface area contributed by atoms with Crippen molar-refractivity contribution in [3.8, 4) is 0 Å². The summed E-state index contributed by atoms with van der Waals surface area (Å²) in [6.07, 6.45) is 1.21. The van der Waals surface area contributed by atoms with Gasteiger partial charge in [-0.25, -0.2) is 9.48 Å². The monoisotopic (exact) mass is 289 g/mol. The van der Waals surface area contributed by atoms with Gasteiger partial charge in [-0.2, -0.15) is 0 Å². The molecule has 0 aliphatic carbocycles. The quantitative estimate of drug-likeness (QED) is 0.707. The first-order valence-corrected chi connectivity index (χ1v) is 6.25. The number of carbonyl (C=O) groups excluding carboxylic acids is 1. The van der Waals surface area contributed by atoms with Crippen LogP contribution < -0.4 is 10.6 Å². The molecule has 1 heterocycles. The van der Waals surface area contributed by atoms with Gasteiger partial charge in [0, 0.05) is 12.2 Å². The average molecular weight is 289 g/mol. The minimum absolute atomic E-state index is 0.101. The molecule has 21 heavy (non-hydrogen) atoms. The van der Waals surface area contributed by atoms with Gasteiger partial charge in [0.1, 0.15) is 6.54 Å². The number of anilines is 1. The van der Waals surface area contributed by atoms with Crippen LogP contribution in [0.3, 0.4) is 0 Å². The highest BCUT2D eigenvalue weighted by molar-refractivity contribution is 5.90. The molecule has 1 aromatic carbocycles. The number of hydrogen-bond acceptors (Lipinski definition) is 5. The molecule has 0 spiro atoms. The number of nitrogens with one attached hydrogen (secondary N) is 2. The topological polar surface area (TPSA) is 109 Å². The SMILES string of the molecule is CNCc1cccc(NC(=O)Cn2cc(C(=O)O)nn2)c1. The van der Waals surface area contributed by atoms with Crippen molar-refractivity contribution in [2.24, 2.45) is 0 Å². The number of nitrogens with zero attached hydrogens (tertiary/aromatic N) is 3. The first-order chi connectivity index (χ1) is 10.1. The van der Waals surface area contributed by atoms with Gasteiger partial charge in [-0.1, -0.05) is 17.3 Å². The van der Waals surface area contributed by atoms with E-state index in [0.29, 0.717) is 12.2 Å². The highest BCUT2D eigenvalue weighted by atomic mass is 16.4. The Labute approximate surface area is 120 Å². The van der Waals surface area contributed by atoms with Crippen molar-refractivity contribution in [3.63, 3.8) is 0 Å². The molecule has 0 saturated carbocycles. The number of aromatic carboxylic acids is 1. The predicted molar refractivity (Wildman–Crippen MR) is 74.8 cm³/mol. The van der Waals surface area contributed by atoms with Crippen LogP contribution in [0.15, 0.2) is 30.5 Å². The van der Waals surface area contributed by atoms with Crippen LogP contribution in [0.2, 0.25) is 0 Å². The first-order valence-electron chi connectivity index (χ1n) is 6.25. The van der Waals surface area contributed by atoms with Crippen LogP contribution in [0, 0.1) is 0 Å². The fourth-order valence-corrected chi connectivity index (χ4v) is 1.78. The smallest absolute Gasteiger partial charge is 0.358 e. The number of hydrogen-bond donors (Lipinski definition) is 3. The number of carbonyl (C=O) groups is 2. The van der Waals surface area contributed by atoms with Crippen molar-refractivity contribution >= 4 is 17.6 Å². The molecule has 0 saturated heterocycles. The fraction of sp³-hybridized carbons (Fsp3) is 0.231. The summed E-state index contributed by atoms with van der Waals surface area (Å²) in [5.41, 5.74) is 1.52. The Kier molecular flexibility index (Phi) is 4.62. The molecule has 2 aromatic rings. The lowest BCUT2D eigenvalue weighted by Gasteiger charge is -2.07. The molecule has 0 fully saturated rings. The Morgan fingerprint density at radius 2 is 2.19 bits per heavy atom. The highest BCUT2D eigenvalue weighted by Crippen LogP contribution is 2.10. The van der Waals surface area contributed by atoms with E-state index in [4.69, 9.17) is 5.11 Å². The molecule has 0 radical (unpaired) electrons. The lowest BCUT2D eigenvalue weighted by molar-refractivity contribution is -0.116. The second-order valence-electron chi connectivity index (χ2n) is 4.39. The van der Waals surface area contributed by atoms with E-state index in [1.807, 2.05) is 25.2 Å². The van der Waals surface area contributed by atoms with Gasteiger partial charge in [0.25, 0.3) is 0 Å². The Hall–Kier alpha value is -2.74. The summed E-state index contributed by atoms with van der Waals surface area (Å²) in [7, 11) is 1.84. The molecule has 8 heteroatoms. The summed E-state index contributed by atoms with van der Waals surface area (Å²) >= 11 is 0. The Bertz CT molecular complexity index is 653. The number of amides is 1. The molecule has 0 aliphatic rings. The fourth-order valence-electron chi connectivity index (χ4n) is 1.78. The van der Waals surface area contributed by atoms with Gasteiger partial charge >= 0.3 is 5.97 Å². The van der Waals surface area contributed by atoms with Crippen LogP contribution in [-0.4, -0.2) is 39.0 Å². The molecule has 0 unspecified atom stereocenters. The third-order valence-electron chi connectivity index (χ3n) is 2.66. The van der Waals surface area contributed by atoms with Crippen molar-refractivity contribution in [3.05, 3.63) is 41.7 Å². The summed E-state index contributed by atoms with van der Waals surface area (Å²) in [6.45, 7) is 0.602. The van der Waals surface area contributed by atoms with Crippen LogP contribution >= 0.6 is 0 Å². The largest absolute Gasteiger partial charge is 0.476 e. The Balaban J connectivity index is 1.97. The van der Waals surface area contributed by atoms with E-state index >= 15 is 0 Å². The summed E-state index contributed by atoms with van der Waals surface area (Å²) in [4.78, 5) is 22.5. The zero-order valence-electron chi connectivity index (χ0n) is 11.4. The van der Waals surface area contributed by atoms with E-state index in [1.165, 1.54) is 10.9 Å². The number of carboxylic acids is 1. The molecule has 110 valence electrons. The maximum atomic E-state index is 11.9. The molecule has 1 aromatic heterocycles. The summed E-state index contributed by atoms with van der Waals surface area (Å²) < 4.78 is 1.18. The van der Waals surface area contributed by atoms with E-state index in [-0.39, 0.29) is 18.1 Å². The standard InChI is InChI=1S/C13H15N5O3/c1-14-6-9-3-2-4-10(5-9)15-12(19)8-18-7-11(13(20)21)16-17-18/h2-5,7,14H,6,8H2,1H3,(H,15,19)(H,20,21). The summed E-state index contributed by atoms with van der Waals surface area (Å²) in [5.74, 6) is -1.49. The van der Waals surface area contributed by atoms with Crippen LogP contribution in [0.5, 0.6) is 0 Å². The molecule has 0 atom stereocenters. The van der Waals surface area contributed by atoms with Crippen LogP contribution in [0.1, 0.15) is 16.1 Å². The Morgan fingerprint density at radius 1 is 1.38 bits per heavy atom. The molecule has 3 N–H and O–H groups in total. The predicted octanol–water partition coefficient (Wildman–Crippen LogP) is 0.334. The van der Waals surface area contributed by atoms with Crippen LogP contribution in [0.25, 0.3) is 0 Å². The zero-order chi connectivity index (χ0) is 15.2. The van der Waals surface area contributed by atoms with Crippen molar-refractivity contribution < 1.29 is 14.7 Å². The normalized spacial score (nSPS) is 10.3. The lowest BCUT2D eigenvalue weighted by atomic mass is 10.2. The zero-order valence-corrected chi connectivity index (χ0v) is 11.4. The number of rotatable bonds is 6. The van der Waals surface area contributed by atoms with Gasteiger partial charge in [0.15, 0.2) is 5.69 Å². The van der Waals surface area contributed by atoms with Crippen LogP contribution in [0.4, 0.5) is 5.69 Å². The molecule has 8 nitrogen and oxygen atoms in total. The van der Waals surface area contributed by atoms with Crippen molar-refractivity contribution in [2.75, 3.05) is 12.4 Å². The van der Waals surface area contributed by atoms with Gasteiger partial charge in [-0.15, -0.1) is 5.10 Å². The molecular weight excluding hydrogens is 274 g/mol. The number of aromatic nitrogens is 3. The molecule has 0 aliphatic heterocycles. The van der Waals surface area contributed by atoms with Gasteiger partial charge < -0.3 is 15.7 Å². The molecule has 2 rings (SSSR count). The van der Waals surface area contributed by atoms with Crippen molar-refractivity contribution in [1.82, 2.24) is 20.3 Å². The van der Waals surface area contributed by atoms with E-state index in [2.05, 4.69) is 20.9 Å². The van der Waals surface area contributed by atoms with Crippen molar-refractivity contribution in [2.45, 2.75) is 13.1 Å². The molecule has 1 amide bonds. The number of carboxylic acid groups (broad SMARTS) is 1. The Morgan fingerprint density at radius 3 is 2.86 bits per heavy atom. The van der Waals surface area contributed by atoms with Gasteiger partial charge in [-0.3, -0.25) is 4.79 Å². The van der Waals surface area contributed by atoms with E-state index in [1.54, 1.807) is 6.07 Å². The van der Waals surface area contributed by atoms with Crippen molar-refractivity contribution in [1.29, 1.82) is 0 Å². The van der Waals surface area contributed by atoms with E-state index in [0.717, 1.165) is 5.56 Å².